The number of carboxylic acids is 1. The van der Waals surface area contributed by atoms with Crippen molar-refractivity contribution < 1.29 is 27.9 Å². The number of primary amides is 1. The molecule has 0 aliphatic rings. The molecule has 0 bridgehead atoms. The van der Waals surface area contributed by atoms with Gasteiger partial charge in [0.05, 0.1) is 23.0 Å². The molecule has 4 rings (SSSR count). The quantitative estimate of drug-likeness (QED) is 0.358. The van der Waals surface area contributed by atoms with Crippen molar-refractivity contribution in [3.8, 4) is 22.5 Å². The van der Waals surface area contributed by atoms with Crippen LogP contribution in [0, 0.1) is 0 Å². The molecule has 4 N–H and O–H groups in total. The van der Waals surface area contributed by atoms with Crippen LogP contribution in [-0.2, 0) is 6.42 Å². The molecular weight excluding hydrogens is 459 g/mol. The summed E-state index contributed by atoms with van der Waals surface area (Å²) in [7, 11) is 0. The number of carbonyl (C=O) groups is 2. The first kappa shape index (κ1) is 22.3. The Morgan fingerprint density at radius 1 is 1.00 bits per heavy atom. The van der Waals surface area contributed by atoms with E-state index in [-0.39, 0.29) is 22.3 Å². The molecule has 3 aromatic carbocycles. The van der Waals surface area contributed by atoms with Crippen molar-refractivity contribution in [1.29, 1.82) is 0 Å². The van der Waals surface area contributed by atoms with Crippen molar-refractivity contribution in [2.75, 3.05) is 0 Å². The summed E-state index contributed by atoms with van der Waals surface area (Å²) < 4.78 is 38.3. The first-order chi connectivity index (χ1) is 15.5. The van der Waals surface area contributed by atoms with E-state index in [0.717, 1.165) is 0 Å². The third-order valence-electron chi connectivity index (χ3n) is 5.01. The van der Waals surface area contributed by atoms with E-state index in [1.165, 1.54) is 36.4 Å². The zero-order chi connectivity index (χ0) is 23.9. The number of alkyl halides is 3. The molecule has 0 aliphatic carbocycles. The summed E-state index contributed by atoms with van der Waals surface area (Å²) in [5.41, 5.74) is 7.20. The number of rotatable bonds is 5. The van der Waals surface area contributed by atoms with E-state index in [9.17, 15) is 27.9 Å². The van der Waals surface area contributed by atoms with Crippen LogP contribution in [0.3, 0.4) is 0 Å². The highest BCUT2D eigenvalue weighted by molar-refractivity contribution is 6.31. The number of nitrogens with zero attached hydrogens (tertiary/aromatic N) is 1. The lowest BCUT2D eigenvalue weighted by Crippen LogP contribution is -2.12. The molecule has 0 aliphatic heterocycles. The molecule has 0 atom stereocenters. The molecule has 0 unspecified atom stereocenters. The fraction of sp³-hybridized carbons (Fsp3) is 0.0870. The van der Waals surface area contributed by atoms with Crippen molar-refractivity contribution in [3.63, 3.8) is 0 Å². The van der Waals surface area contributed by atoms with Crippen LogP contribution in [0.15, 0.2) is 54.6 Å². The highest BCUT2D eigenvalue weighted by atomic mass is 35.5. The molecule has 0 radical (unpaired) electrons. The number of nitrogens with one attached hydrogen (secondary N) is 1. The van der Waals surface area contributed by atoms with Gasteiger partial charge >= 0.3 is 12.1 Å². The Morgan fingerprint density at radius 3 is 2.39 bits per heavy atom. The Bertz CT molecular complexity index is 1410. The summed E-state index contributed by atoms with van der Waals surface area (Å²) in [6.07, 6.45) is -5.41. The monoisotopic (exact) mass is 473 g/mol. The van der Waals surface area contributed by atoms with Crippen LogP contribution in [0.5, 0.6) is 0 Å². The van der Waals surface area contributed by atoms with E-state index in [1.807, 2.05) is 0 Å². The van der Waals surface area contributed by atoms with Gasteiger partial charge in [0, 0.05) is 16.1 Å². The SMILES string of the molecule is NC(=O)c1ccc(-c2cc(Cl)ccc2-c2nc3ccc(CC(F)(F)F)cc3[nH]2)c(C(=O)O)c1. The van der Waals surface area contributed by atoms with Crippen LogP contribution in [0.25, 0.3) is 33.5 Å². The standard InChI is InChI=1S/C23H15ClF3N3O3/c24-13-3-5-15(16(9-13)14-4-2-12(20(28)31)8-17(14)22(32)33)21-29-18-6-1-11(7-19(18)30-21)10-23(25,26)27/h1-9H,10H2,(H2,28,31)(H,29,30)(H,32,33). The van der Waals surface area contributed by atoms with E-state index in [0.29, 0.717) is 33.0 Å². The number of aromatic carboxylic acids is 1. The van der Waals surface area contributed by atoms with Gasteiger partial charge in [-0.05, 0) is 59.2 Å². The fourth-order valence-electron chi connectivity index (χ4n) is 3.58. The minimum absolute atomic E-state index is 0.0284. The first-order valence-electron chi connectivity index (χ1n) is 9.54. The van der Waals surface area contributed by atoms with Crippen LogP contribution in [0.2, 0.25) is 5.02 Å². The van der Waals surface area contributed by atoms with Crippen LogP contribution in [0.4, 0.5) is 13.2 Å². The number of carbonyl (C=O) groups excluding carboxylic acids is 1. The number of hydrogen-bond acceptors (Lipinski definition) is 3. The smallest absolute Gasteiger partial charge is 0.393 e. The normalized spacial score (nSPS) is 11.6. The van der Waals surface area contributed by atoms with E-state index in [4.69, 9.17) is 17.3 Å². The lowest BCUT2D eigenvalue weighted by molar-refractivity contribution is -0.127. The van der Waals surface area contributed by atoms with Gasteiger partial charge in [0.25, 0.3) is 0 Å². The summed E-state index contributed by atoms with van der Waals surface area (Å²) in [5, 5.41) is 10.0. The second-order valence-electron chi connectivity index (χ2n) is 7.35. The highest BCUT2D eigenvalue weighted by Crippen LogP contribution is 2.36. The van der Waals surface area contributed by atoms with Crippen LogP contribution >= 0.6 is 11.6 Å². The zero-order valence-electron chi connectivity index (χ0n) is 16.7. The van der Waals surface area contributed by atoms with Crippen molar-refractivity contribution in [1.82, 2.24) is 9.97 Å². The molecule has 33 heavy (non-hydrogen) atoms. The summed E-state index contributed by atoms with van der Waals surface area (Å²) in [4.78, 5) is 30.9. The van der Waals surface area contributed by atoms with Gasteiger partial charge in [0.1, 0.15) is 5.82 Å². The van der Waals surface area contributed by atoms with Crippen molar-refractivity contribution in [2.24, 2.45) is 5.73 Å². The van der Waals surface area contributed by atoms with Gasteiger partial charge in [-0.3, -0.25) is 4.79 Å². The van der Waals surface area contributed by atoms with Crippen molar-refractivity contribution in [2.45, 2.75) is 12.6 Å². The molecule has 0 fully saturated rings. The summed E-state index contributed by atoms with van der Waals surface area (Å²) >= 11 is 6.17. The maximum atomic E-state index is 12.8. The average molecular weight is 474 g/mol. The number of fused-ring (bicyclic) bond motifs is 1. The largest absolute Gasteiger partial charge is 0.478 e. The Kier molecular flexibility index (Phi) is 5.59. The van der Waals surface area contributed by atoms with Gasteiger partial charge in [0.2, 0.25) is 5.91 Å². The number of amides is 1. The van der Waals surface area contributed by atoms with Gasteiger partial charge in [-0.1, -0.05) is 23.7 Å². The van der Waals surface area contributed by atoms with Crippen molar-refractivity contribution in [3.05, 3.63) is 76.3 Å². The average Bonchev–Trinajstić information content (AvgIpc) is 3.15. The lowest BCUT2D eigenvalue weighted by atomic mass is 9.93. The molecular formula is C23H15ClF3N3O3. The molecule has 1 amide bonds. The molecule has 1 heterocycles. The van der Waals surface area contributed by atoms with E-state index in [1.54, 1.807) is 18.2 Å². The second-order valence-corrected chi connectivity index (χ2v) is 7.78. The number of nitrogens with two attached hydrogens (primary N) is 1. The molecule has 0 saturated heterocycles. The summed E-state index contributed by atoms with van der Waals surface area (Å²) in [6, 6.07) is 13.0. The van der Waals surface area contributed by atoms with Gasteiger partial charge in [-0.25, -0.2) is 9.78 Å². The Morgan fingerprint density at radius 2 is 1.73 bits per heavy atom. The van der Waals surface area contributed by atoms with Crippen molar-refractivity contribution >= 4 is 34.5 Å². The fourth-order valence-corrected chi connectivity index (χ4v) is 3.75. The molecule has 1 aromatic heterocycles. The topological polar surface area (TPSA) is 109 Å². The molecule has 168 valence electrons. The predicted molar refractivity (Wildman–Crippen MR) is 117 cm³/mol. The number of benzene rings is 3. The van der Waals surface area contributed by atoms with Crippen LogP contribution < -0.4 is 5.73 Å². The third-order valence-corrected chi connectivity index (χ3v) is 5.25. The van der Waals surface area contributed by atoms with E-state index in [2.05, 4.69) is 9.97 Å². The highest BCUT2D eigenvalue weighted by Gasteiger charge is 2.28. The predicted octanol–water partition coefficient (Wildman–Crippen LogP) is 5.45. The minimum Gasteiger partial charge on any atom is -0.478 e. The number of halogens is 4. The Hall–Kier alpha value is -3.85. The minimum atomic E-state index is -4.34. The summed E-state index contributed by atoms with van der Waals surface area (Å²) in [5.74, 6) is -1.74. The number of H-pyrrole nitrogens is 1. The number of hydrogen-bond donors (Lipinski definition) is 3. The van der Waals surface area contributed by atoms with E-state index >= 15 is 0 Å². The van der Waals surface area contributed by atoms with Gasteiger partial charge in [-0.15, -0.1) is 0 Å². The Balaban J connectivity index is 1.87. The number of aromatic nitrogens is 2. The molecule has 10 heteroatoms. The molecule has 0 spiro atoms. The Labute approximate surface area is 189 Å². The molecule has 6 nitrogen and oxygen atoms in total. The van der Waals surface area contributed by atoms with Gasteiger partial charge in [0.15, 0.2) is 0 Å². The van der Waals surface area contributed by atoms with Gasteiger partial charge < -0.3 is 15.8 Å². The third kappa shape index (κ3) is 4.68. The lowest BCUT2D eigenvalue weighted by Gasteiger charge is -2.12. The van der Waals surface area contributed by atoms with E-state index < -0.39 is 24.5 Å². The maximum absolute atomic E-state index is 12.8. The van der Waals surface area contributed by atoms with Crippen LogP contribution in [0.1, 0.15) is 26.3 Å². The second kappa shape index (κ2) is 8.25. The maximum Gasteiger partial charge on any atom is 0.393 e. The zero-order valence-corrected chi connectivity index (χ0v) is 17.5. The summed E-state index contributed by atoms with van der Waals surface area (Å²) in [6.45, 7) is 0. The van der Waals surface area contributed by atoms with Crippen LogP contribution in [-0.4, -0.2) is 33.1 Å². The molecule has 4 aromatic rings. The number of aromatic amines is 1. The number of imidazole rings is 1. The first-order valence-corrected chi connectivity index (χ1v) is 9.92. The van der Waals surface area contributed by atoms with Gasteiger partial charge in [-0.2, -0.15) is 13.2 Å². The molecule has 0 saturated carbocycles. The number of carboxylic acid groups (broad SMARTS) is 1.